The Morgan fingerprint density at radius 1 is 1.29 bits per heavy atom. The van der Waals surface area contributed by atoms with Gasteiger partial charge in [-0.2, -0.15) is 0 Å². The van der Waals surface area contributed by atoms with Crippen molar-refractivity contribution in [1.29, 1.82) is 0 Å². The molecule has 1 rings (SSSR count). The number of amides is 1. The highest BCUT2D eigenvalue weighted by molar-refractivity contribution is 5.88. The van der Waals surface area contributed by atoms with Gasteiger partial charge in [-0.1, -0.05) is 0 Å². The van der Waals surface area contributed by atoms with Crippen LogP contribution < -0.4 is 9.47 Å². The van der Waals surface area contributed by atoms with E-state index >= 15 is 0 Å². The number of methoxy groups -OCH3 is 1. The summed E-state index contributed by atoms with van der Waals surface area (Å²) in [5, 5.41) is 0. The highest BCUT2D eigenvalue weighted by atomic mass is 16.6. The molecule has 0 atom stereocenters. The van der Waals surface area contributed by atoms with Crippen LogP contribution in [-0.4, -0.2) is 44.8 Å². The van der Waals surface area contributed by atoms with Gasteiger partial charge in [0.1, 0.15) is 11.5 Å². The first kappa shape index (κ1) is 16.6. The Morgan fingerprint density at radius 2 is 2.00 bits per heavy atom. The molecule has 1 aromatic carbocycles. The summed E-state index contributed by atoms with van der Waals surface area (Å²) in [5.41, 5.74) is 0.569. The summed E-state index contributed by atoms with van der Waals surface area (Å²) in [6.07, 6.45) is 2.28. The van der Waals surface area contributed by atoms with Crippen molar-refractivity contribution in [2.24, 2.45) is 0 Å². The van der Waals surface area contributed by atoms with Crippen LogP contribution in [0.1, 0.15) is 12.5 Å². The van der Waals surface area contributed by atoms with Gasteiger partial charge in [0, 0.05) is 31.8 Å². The van der Waals surface area contributed by atoms with Crippen LogP contribution in [0.4, 0.5) is 4.79 Å². The van der Waals surface area contributed by atoms with Crippen molar-refractivity contribution in [1.82, 2.24) is 4.90 Å². The lowest BCUT2D eigenvalue weighted by molar-refractivity contribution is -0.137. The maximum atomic E-state index is 11.7. The highest BCUT2D eigenvalue weighted by Crippen LogP contribution is 2.26. The quantitative estimate of drug-likeness (QED) is 0.616. The summed E-state index contributed by atoms with van der Waals surface area (Å²) in [4.78, 5) is 24.3. The number of carbonyl (C=O) groups is 2. The van der Waals surface area contributed by atoms with E-state index in [-0.39, 0.29) is 0 Å². The van der Waals surface area contributed by atoms with Crippen LogP contribution in [-0.2, 0) is 9.53 Å². The van der Waals surface area contributed by atoms with Gasteiger partial charge < -0.3 is 19.1 Å². The zero-order chi connectivity index (χ0) is 15.8. The standard InChI is InChI=1S/C15H19NO5/c1-5-20-14(17)9-7-11-6-8-12(19-4)10-13(11)21-15(18)16(2)3/h6-10H,5H2,1-4H3/b9-7+. The molecule has 0 saturated heterocycles. The first-order valence-corrected chi connectivity index (χ1v) is 6.40. The summed E-state index contributed by atoms with van der Waals surface area (Å²) < 4.78 is 15.1. The number of carbonyl (C=O) groups excluding carboxylic acids is 2. The number of hydrogen-bond donors (Lipinski definition) is 0. The van der Waals surface area contributed by atoms with Crippen molar-refractivity contribution in [3.63, 3.8) is 0 Å². The van der Waals surface area contributed by atoms with E-state index in [1.807, 2.05) is 0 Å². The molecule has 0 unspecified atom stereocenters. The third-order valence-electron chi connectivity index (χ3n) is 2.47. The Labute approximate surface area is 123 Å². The average Bonchev–Trinajstić information content (AvgIpc) is 2.45. The van der Waals surface area contributed by atoms with Gasteiger partial charge in [0.05, 0.1) is 13.7 Å². The summed E-state index contributed by atoms with van der Waals surface area (Å²) in [7, 11) is 4.67. The molecule has 0 heterocycles. The van der Waals surface area contributed by atoms with Gasteiger partial charge in [-0.05, 0) is 25.1 Å². The lowest BCUT2D eigenvalue weighted by Crippen LogP contribution is -2.25. The van der Waals surface area contributed by atoms with E-state index in [1.54, 1.807) is 39.2 Å². The van der Waals surface area contributed by atoms with E-state index in [0.717, 1.165) is 0 Å². The van der Waals surface area contributed by atoms with E-state index in [1.165, 1.54) is 24.2 Å². The summed E-state index contributed by atoms with van der Waals surface area (Å²) in [6.45, 7) is 2.03. The van der Waals surface area contributed by atoms with Gasteiger partial charge in [0.25, 0.3) is 0 Å². The molecule has 114 valence electrons. The van der Waals surface area contributed by atoms with Gasteiger partial charge in [0.2, 0.25) is 0 Å². The minimum absolute atomic E-state index is 0.300. The number of nitrogens with zero attached hydrogens (tertiary/aromatic N) is 1. The monoisotopic (exact) mass is 293 g/mol. The fourth-order valence-corrected chi connectivity index (χ4v) is 1.40. The van der Waals surface area contributed by atoms with Crippen molar-refractivity contribution in [2.45, 2.75) is 6.92 Å². The zero-order valence-corrected chi connectivity index (χ0v) is 12.6. The number of rotatable bonds is 5. The first-order valence-electron chi connectivity index (χ1n) is 6.40. The molecular formula is C15H19NO5. The zero-order valence-electron chi connectivity index (χ0n) is 12.6. The third-order valence-corrected chi connectivity index (χ3v) is 2.47. The molecule has 0 aliphatic carbocycles. The van der Waals surface area contributed by atoms with Crippen LogP contribution in [0.2, 0.25) is 0 Å². The van der Waals surface area contributed by atoms with Crippen LogP contribution in [0.5, 0.6) is 11.5 Å². The topological polar surface area (TPSA) is 65.1 Å². The molecule has 1 amide bonds. The molecular weight excluding hydrogens is 274 g/mol. The molecule has 6 nitrogen and oxygen atoms in total. The average molecular weight is 293 g/mol. The maximum Gasteiger partial charge on any atom is 0.414 e. The molecule has 21 heavy (non-hydrogen) atoms. The lowest BCUT2D eigenvalue weighted by Gasteiger charge is -2.13. The molecule has 6 heteroatoms. The third kappa shape index (κ3) is 5.18. The van der Waals surface area contributed by atoms with Crippen LogP contribution in [0.3, 0.4) is 0 Å². The van der Waals surface area contributed by atoms with Crippen molar-refractivity contribution in [3.05, 3.63) is 29.8 Å². The van der Waals surface area contributed by atoms with Crippen LogP contribution >= 0.6 is 0 Å². The fourth-order valence-electron chi connectivity index (χ4n) is 1.40. The van der Waals surface area contributed by atoms with Crippen LogP contribution in [0.25, 0.3) is 6.08 Å². The molecule has 0 N–H and O–H groups in total. The maximum absolute atomic E-state index is 11.7. The van der Waals surface area contributed by atoms with Crippen LogP contribution in [0, 0.1) is 0 Å². The van der Waals surface area contributed by atoms with Gasteiger partial charge in [-0.15, -0.1) is 0 Å². The fraction of sp³-hybridized carbons (Fsp3) is 0.333. The Hall–Kier alpha value is -2.50. The first-order chi connectivity index (χ1) is 9.97. The molecule has 0 bridgehead atoms. The second kappa shape index (κ2) is 7.94. The Bertz CT molecular complexity index is 537. The predicted octanol–water partition coefficient (Wildman–Crippen LogP) is 2.33. The van der Waals surface area contributed by atoms with Gasteiger partial charge >= 0.3 is 12.1 Å². The van der Waals surface area contributed by atoms with Gasteiger partial charge in [-0.25, -0.2) is 9.59 Å². The number of benzene rings is 1. The molecule has 0 fully saturated rings. The van der Waals surface area contributed by atoms with Crippen LogP contribution in [0.15, 0.2) is 24.3 Å². The number of esters is 1. The minimum atomic E-state index is -0.519. The molecule has 0 aliphatic rings. The second-order valence-electron chi connectivity index (χ2n) is 4.25. The van der Waals surface area contributed by atoms with Gasteiger partial charge in [0.15, 0.2) is 0 Å². The Balaban J connectivity index is 3.01. The van der Waals surface area contributed by atoms with Crippen molar-refractivity contribution in [2.75, 3.05) is 27.8 Å². The van der Waals surface area contributed by atoms with Crippen molar-refractivity contribution in [3.8, 4) is 11.5 Å². The second-order valence-corrected chi connectivity index (χ2v) is 4.25. The van der Waals surface area contributed by atoms with E-state index in [2.05, 4.69) is 0 Å². The smallest absolute Gasteiger partial charge is 0.414 e. The van der Waals surface area contributed by atoms with Crippen molar-refractivity contribution >= 4 is 18.1 Å². The molecule has 1 aromatic rings. The van der Waals surface area contributed by atoms with E-state index in [0.29, 0.717) is 23.7 Å². The lowest BCUT2D eigenvalue weighted by atomic mass is 10.1. The Kier molecular flexibility index (Phi) is 6.26. The predicted molar refractivity (Wildman–Crippen MR) is 78.4 cm³/mol. The molecule has 0 aliphatic heterocycles. The number of ether oxygens (including phenoxy) is 3. The summed E-state index contributed by atoms with van der Waals surface area (Å²) in [6, 6.07) is 4.97. The Morgan fingerprint density at radius 3 is 2.57 bits per heavy atom. The normalized spacial score (nSPS) is 10.3. The summed E-state index contributed by atoms with van der Waals surface area (Å²) >= 11 is 0. The van der Waals surface area contributed by atoms with Crippen molar-refractivity contribution < 1.29 is 23.8 Å². The molecule has 0 aromatic heterocycles. The molecule has 0 radical (unpaired) electrons. The van der Waals surface area contributed by atoms with E-state index in [9.17, 15) is 9.59 Å². The van der Waals surface area contributed by atoms with E-state index in [4.69, 9.17) is 14.2 Å². The summed E-state index contributed by atoms with van der Waals surface area (Å²) in [5.74, 6) is 0.386. The largest absolute Gasteiger partial charge is 0.497 e. The van der Waals surface area contributed by atoms with E-state index < -0.39 is 12.1 Å². The highest BCUT2D eigenvalue weighted by Gasteiger charge is 2.11. The minimum Gasteiger partial charge on any atom is -0.497 e. The van der Waals surface area contributed by atoms with Gasteiger partial charge in [-0.3, -0.25) is 0 Å². The SMILES string of the molecule is CCOC(=O)/C=C/c1ccc(OC)cc1OC(=O)N(C)C. The number of hydrogen-bond acceptors (Lipinski definition) is 5. The molecule has 0 spiro atoms. The molecule has 0 saturated carbocycles.